The van der Waals surface area contributed by atoms with Gasteiger partial charge in [-0.3, -0.25) is 4.79 Å². The first kappa shape index (κ1) is 18.2. The first-order chi connectivity index (χ1) is 11.2. The molecule has 0 bridgehead atoms. The molecule has 1 amide bonds. The molecule has 7 heteroatoms. The molecule has 0 fully saturated rings. The van der Waals surface area contributed by atoms with Gasteiger partial charge in [0.15, 0.2) is 9.84 Å². The third-order valence-electron chi connectivity index (χ3n) is 3.64. The molecule has 1 N–H and O–H groups in total. The highest BCUT2D eigenvalue weighted by Crippen LogP contribution is 2.17. The maximum atomic E-state index is 12.2. The van der Waals surface area contributed by atoms with E-state index in [4.69, 9.17) is 0 Å². The van der Waals surface area contributed by atoms with Crippen molar-refractivity contribution in [3.63, 3.8) is 0 Å². The second-order valence-corrected chi connectivity index (χ2v) is 8.26. The molecule has 1 aromatic carbocycles. The smallest absolute Gasteiger partial charge is 0.229 e. The minimum Gasteiger partial charge on any atom is -0.311 e. The summed E-state index contributed by atoms with van der Waals surface area (Å²) in [5.74, 6) is 0.561. The Balaban J connectivity index is 2.08. The number of amides is 1. The van der Waals surface area contributed by atoms with Crippen LogP contribution in [0.2, 0.25) is 0 Å². The summed E-state index contributed by atoms with van der Waals surface area (Å²) in [6.07, 6.45) is 0.175. The van der Waals surface area contributed by atoms with E-state index in [0.29, 0.717) is 5.82 Å². The van der Waals surface area contributed by atoms with Crippen molar-refractivity contribution in [1.29, 1.82) is 0 Å². The van der Waals surface area contributed by atoms with Crippen LogP contribution in [0.25, 0.3) is 0 Å². The molecule has 0 aliphatic heterocycles. The van der Waals surface area contributed by atoms with Gasteiger partial charge < -0.3 is 5.32 Å². The number of rotatable bonds is 6. The summed E-state index contributed by atoms with van der Waals surface area (Å²) in [6.45, 7) is 7.47. The summed E-state index contributed by atoms with van der Waals surface area (Å²) >= 11 is 0. The van der Waals surface area contributed by atoms with E-state index >= 15 is 0 Å². The van der Waals surface area contributed by atoms with Crippen molar-refractivity contribution in [3.05, 3.63) is 41.6 Å². The zero-order valence-electron chi connectivity index (χ0n) is 14.4. The van der Waals surface area contributed by atoms with E-state index in [2.05, 4.69) is 10.4 Å². The van der Waals surface area contributed by atoms with Crippen molar-refractivity contribution in [2.45, 2.75) is 45.1 Å². The number of nitrogens with one attached hydrogen (secondary N) is 1. The number of carbonyl (C=O) groups is 1. The lowest BCUT2D eigenvalue weighted by atomic mass is 10.1. The molecule has 130 valence electrons. The molecule has 1 heterocycles. The quantitative estimate of drug-likeness (QED) is 0.869. The SMILES string of the molecule is CCS(=O)(=O)c1ccc(CC(=O)Nc2cc(C)nn2C(C)C)cc1. The van der Waals surface area contributed by atoms with Crippen molar-refractivity contribution in [2.75, 3.05) is 11.1 Å². The molecule has 0 unspecified atom stereocenters. The zero-order valence-corrected chi connectivity index (χ0v) is 15.2. The number of sulfone groups is 1. The van der Waals surface area contributed by atoms with Gasteiger partial charge in [0.25, 0.3) is 0 Å². The highest BCUT2D eigenvalue weighted by molar-refractivity contribution is 7.91. The van der Waals surface area contributed by atoms with E-state index in [1.807, 2.05) is 26.8 Å². The van der Waals surface area contributed by atoms with Gasteiger partial charge in [0, 0.05) is 12.1 Å². The van der Waals surface area contributed by atoms with E-state index in [1.165, 1.54) is 0 Å². The number of nitrogens with zero attached hydrogens (tertiary/aromatic N) is 2. The molecule has 0 radical (unpaired) electrons. The molecule has 0 spiro atoms. The van der Waals surface area contributed by atoms with Gasteiger partial charge in [0.2, 0.25) is 5.91 Å². The van der Waals surface area contributed by atoms with Gasteiger partial charge in [-0.15, -0.1) is 0 Å². The van der Waals surface area contributed by atoms with Gasteiger partial charge in [-0.25, -0.2) is 13.1 Å². The molecule has 1 aromatic heterocycles. The Kier molecular flexibility index (Phi) is 5.43. The van der Waals surface area contributed by atoms with Gasteiger partial charge in [-0.2, -0.15) is 5.10 Å². The predicted octanol–water partition coefficient (Wildman–Crippen LogP) is 2.75. The molecule has 0 saturated heterocycles. The summed E-state index contributed by atoms with van der Waals surface area (Å²) in [5.41, 5.74) is 1.60. The van der Waals surface area contributed by atoms with Gasteiger partial charge in [0.05, 0.1) is 22.8 Å². The number of aryl methyl sites for hydroxylation is 1. The van der Waals surface area contributed by atoms with Crippen LogP contribution in [0.5, 0.6) is 0 Å². The molecule has 0 saturated carbocycles. The van der Waals surface area contributed by atoms with Crippen molar-refractivity contribution in [3.8, 4) is 0 Å². The second kappa shape index (κ2) is 7.17. The second-order valence-electron chi connectivity index (χ2n) is 5.98. The van der Waals surface area contributed by atoms with Gasteiger partial charge in [-0.05, 0) is 38.5 Å². The summed E-state index contributed by atoms with van der Waals surface area (Å²) < 4.78 is 25.3. The maximum Gasteiger partial charge on any atom is 0.229 e. The Hall–Kier alpha value is -2.15. The Morgan fingerprint density at radius 3 is 2.42 bits per heavy atom. The van der Waals surface area contributed by atoms with Crippen LogP contribution in [0.15, 0.2) is 35.2 Å². The third kappa shape index (κ3) is 4.23. The first-order valence-electron chi connectivity index (χ1n) is 7.90. The lowest BCUT2D eigenvalue weighted by molar-refractivity contribution is -0.115. The van der Waals surface area contributed by atoms with Crippen molar-refractivity contribution < 1.29 is 13.2 Å². The highest BCUT2D eigenvalue weighted by atomic mass is 32.2. The van der Waals surface area contributed by atoms with Crippen molar-refractivity contribution in [2.24, 2.45) is 0 Å². The summed E-state index contributed by atoms with van der Waals surface area (Å²) in [5, 5.41) is 7.21. The average molecular weight is 349 g/mol. The molecule has 0 atom stereocenters. The van der Waals surface area contributed by atoms with Crippen LogP contribution < -0.4 is 5.32 Å². The fraction of sp³-hybridized carbons (Fsp3) is 0.412. The van der Waals surface area contributed by atoms with Crippen LogP contribution in [0.3, 0.4) is 0 Å². The normalized spacial score (nSPS) is 11.7. The Morgan fingerprint density at radius 1 is 1.25 bits per heavy atom. The average Bonchev–Trinajstić information content (AvgIpc) is 2.88. The molecular weight excluding hydrogens is 326 g/mol. The van der Waals surface area contributed by atoms with E-state index in [9.17, 15) is 13.2 Å². The Bertz CT molecular complexity index is 821. The van der Waals surface area contributed by atoms with Gasteiger partial charge in [0.1, 0.15) is 5.82 Å². The lowest BCUT2D eigenvalue weighted by Gasteiger charge is -2.12. The summed E-state index contributed by atoms with van der Waals surface area (Å²) in [7, 11) is -3.22. The molecule has 0 aliphatic rings. The number of hydrogen-bond acceptors (Lipinski definition) is 4. The molecule has 2 rings (SSSR count). The summed E-state index contributed by atoms with van der Waals surface area (Å²) in [4.78, 5) is 12.5. The fourth-order valence-corrected chi connectivity index (χ4v) is 3.24. The van der Waals surface area contributed by atoms with Crippen LogP contribution in [0.4, 0.5) is 5.82 Å². The minimum absolute atomic E-state index is 0.0609. The third-order valence-corrected chi connectivity index (χ3v) is 5.39. The highest BCUT2D eigenvalue weighted by Gasteiger charge is 2.14. The molecule has 0 aliphatic carbocycles. The standard InChI is InChI=1S/C17H23N3O3S/c1-5-24(22,23)15-8-6-14(7-9-15)11-17(21)18-16-10-13(4)19-20(16)12(2)3/h6-10,12H,5,11H2,1-4H3,(H,18,21). The number of carbonyl (C=O) groups excluding carboxylic acids is 1. The van der Waals surface area contributed by atoms with Gasteiger partial charge in [-0.1, -0.05) is 19.1 Å². The number of benzene rings is 1. The number of hydrogen-bond donors (Lipinski definition) is 1. The van der Waals surface area contributed by atoms with Crippen LogP contribution in [-0.4, -0.2) is 29.9 Å². The van der Waals surface area contributed by atoms with E-state index in [-0.39, 0.29) is 29.0 Å². The first-order valence-corrected chi connectivity index (χ1v) is 9.56. The number of anilines is 1. The minimum atomic E-state index is -3.22. The van der Waals surface area contributed by atoms with Crippen LogP contribution in [0.1, 0.15) is 38.1 Å². The van der Waals surface area contributed by atoms with Crippen LogP contribution >= 0.6 is 0 Å². The predicted molar refractivity (Wildman–Crippen MR) is 93.9 cm³/mol. The Morgan fingerprint density at radius 2 is 1.88 bits per heavy atom. The van der Waals surface area contributed by atoms with Crippen LogP contribution in [-0.2, 0) is 21.1 Å². The molecular formula is C17H23N3O3S. The van der Waals surface area contributed by atoms with Gasteiger partial charge >= 0.3 is 0 Å². The topological polar surface area (TPSA) is 81.1 Å². The lowest BCUT2D eigenvalue weighted by Crippen LogP contribution is -2.18. The van der Waals surface area contributed by atoms with E-state index < -0.39 is 9.84 Å². The van der Waals surface area contributed by atoms with Crippen LogP contribution in [0, 0.1) is 6.92 Å². The maximum absolute atomic E-state index is 12.2. The van der Waals surface area contributed by atoms with E-state index in [1.54, 1.807) is 35.9 Å². The largest absolute Gasteiger partial charge is 0.311 e. The Labute approximate surface area is 142 Å². The van der Waals surface area contributed by atoms with Crippen molar-refractivity contribution in [1.82, 2.24) is 9.78 Å². The molecule has 2 aromatic rings. The number of aromatic nitrogens is 2. The summed E-state index contributed by atoms with van der Waals surface area (Å²) in [6, 6.07) is 8.41. The van der Waals surface area contributed by atoms with Crippen molar-refractivity contribution >= 4 is 21.6 Å². The zero-order chi connectivity index (χ0) is 17.9. The fourth-order valence-electron chi connectivity index (χ4n) is 2.36. The van der Waals surface area contributed by atoms with E-state index in [0.717, 1.165) is 11.3 Å². The molecule has 24 heavy (non-hydrogen) atoms. The molecule has 6 nitrogen and oxygen atoms in total. The monoisotopic (exact) mass is 349 g/mol.